The molecule has 5 N–H and O–H groups in total. The summed E-state index contributed by atoms with van der Waals surface area (Å²) in [6, 6.07) is 13.6. The van der Waals surface area contributed by atoms with Gasteiger partial charge in [0.15, 0.2) is 0 Å². The molecule has 18 nitrogen and oxygen atoms in total. The van der Waals surface area contributed by atoms with Crippen molar-refractivity contribution in [3.8, 4) is 5.75 Å². The first-order valence-electron chi connectivity index (χ1n) is 16.3. The number of benzene rings is 3. The highest BCUT2D eigenvalue weighted by molar-refractivity contribution is 6.62. The Morgan fingerprint density at radius 2 is 1.30 bits per heavy atom. The van der Waals surface area contributed by atoms with Crippen LogP contribution in [-0.2, 0) is 37.1 Å². The third kappa shape index (κ3) is 8.67. The Labute approximate surface area is 311 Å². The summed E-state index contributed by atoms with van der Waals surface area (Å²) in [5, 5.41) is 17.4. The van der Waals surface area contributed by atoms with E-state index in [1.54, 1.807) is 36.4 Å². The van der Waals surface area contributed by atoms with Crippen LogP contribution in [0.25, 0.3) is 0 Å². The number of anilines is 2. The van der Waals surface area contributed by atoms with E-state index >= 15 is 0 Å². The van der Waals surface area contributed by atoms with E-state index < -0.39 is 34.9 Å². The second kappa shape index (κ2) is 16.3. The standard InChI is InChI=1S/C20H16N4O7.C13H13N3O3.C2H3ClO/c25-17-9-8-16(18(26)22-17)23-10-14-13(19(23)27)2-1-3-15(14)21-20(28)31-12-6-4-11(5-7-12)24(29)30;14-9-3-1-2-7-8(9)6-16(13(7)19)10-4-5-11(17)15-12(10)18;1-2(3)4/h1-7,16H,8-10H2,(H,21,28)(H,22,25,26);1-3,10H,4-6,14H2,(H,15,17,18);1H3. The van der Waals surface area contributed by atoms with Gasteiger partial charge in [-0.25, -0.2) is 4.79 Å². The molecule has 4 heterocycles. The van der Waals surface area contributed by atoms with Crippen LogP contribution < -0.4 is 26.4 Å². The fraction of sp³-hybridized carbons (Fsp3) is 0.257. The molecule has 4 aliphatic heterocycles. The molecule has 7 rings (SSSR count). The summed E-state index contributed by atoms with van der Waals surface area (Å²) in [5.41, 5.74) is 8.79. The third-order valence-corrected chi connectivity index (χ3v) is 8.70. The molecule has 0 spiro atoms. The van der Waals surface area contributed by atoms with Crippen molar-refractivity contribution in [1.82, 2.24) is 20.4 Å². The molecule has 280 valence electrons. The number of nitrogen functional groups attached to an aromatic ring is 1. The van der Waals surface area contributed by atoms with Gasteiger partial charge in [0.2, 0.25) is 28.9 Å². The van der Waals surface area contributed by atoms with Crippen LogP contribution in [0, 0.1) is 10.1 Å². The monoisotopic (exact) mass is 761 g/mol. The molecular weight excluding hydrogens is 730 g/mol. The van der Waals surface area contributed by atoms with Gasteiger partial charge in [-0.1, -0.05) is 12.1 Å². The highest BCUT2D eigenvalue weighted by Crippen LogP contribution is 2.33. The molecule has 4 aliphatic rings. The molecule has 2 fully saturated rings. The minimum absolute atomic E-state index is 0.0917. The van der Waals surface area contributed by atoms with Crippen LogP contribution in [0.15, 0.2) is 60.7 Å². The zero-order valence-corrected chi connectivity index (χ0v) is 29.2. The first-order valence-corrected chi connectivity index (χ1v) is 16.7. The molecule has 7 amide bonds. The number of amides is 7. The number of rotatable bonds is 5. The number of halogens is 1. The highest BCUT2D eigenvalue weighted by Gasteiger charge is 2.41. The predicted molar refractivity (Wildman–Crippen MR) is 189 cm³/mol. The Hall–Kier alpha value is -6.69. The second-order valence-electron chi connectivity index (χ2n) is 12.2. The van der Waals surface area contributed by atoms with Crippen LogP contribution in [0.1, 0.15) is 64.4 Å². The third-order valence-electron chi connectivity index (χ3n) is 8.70. The topological polar surface area (TPSA) is 258 Å². The van der Waals surface area contributed by atoms with Crippen LogP contribution in [0.3, 0.4) is 0 Å². The summed E-state index contributed by atoms with van der Waals surface area (Å²) in [5.74, 6) is -2.04. The van der Waals surface area contributed by atoms with Crippen LogP contribution in [0.4, 0.5) is 21.9 Å². The maximum Gasteiger partial charge on any atom is 0.417 e. The molecule has 2 unspecified atom stereocenters. The van der Waals surface area contributed by atoms with Gasteiger partial charge in [0.1, 0.15) is 17.8 Å². The van der Waals surface area contributed by atoms with Gasteiger partial charge < -0.3 is 20.3 Å². The molecular formula is C35H32ClN7O11. The Balaban J connectivity index is 0.000000207. The number of piperidine rings is 2. The number of nitro benzene ring substituents is 1. The van der Waals surface area contributed by atoms with Gasteiger partial charge in [0.05, 0.1) is 4.92 Å². The first kappa shape index (κ1) is 38.5. The van der Waals surface area contributed by atoms with E-state index in [1.165, 1.54) is 41.0 Å². The first-order chi connectivity index (χ1) is 25.6. The Bertz CT molecular complexity index is 2090. The number of nitrogens with one attached hydrogen (secondary N) is 3. The van der Waals surface area contributed by atoms with E-state index in [1.807, 2.05) is 0 Å². The zero-order chi connectivity index (χ0) is 39.3. The van der Waals surface area contributed by atoms with Gasteiger partial charge in [0.25, 0.3) is 17.5 Å². The molecule has 0 aromatic heterocycles. The van der Waals surface area contributed by atoms with E-state index in [4.69, 9.17) is 10.5 Å². The fourth-order valence-corrected chi connectivity index (χ4v) is 6.19. The zero-order valence-electron chi connectivity index (χ0n) is 28.5. The molecule has 3 aromatic rings. The van der Waals surface area contributed by atoms with E-state index in [9.17, 15) is 48.5 Å². The number of hydrogen-bond donors (Lipinski definition) is 4. The molecule has 0 bridgehead atoms. The second-order valence-corrected chi connectivity index (χ2v) is 12.8. The molecule has 0 aliphatic carbocycles. The van der Waals surface area contributed by atoms with Crippen LogP contribution in [-0.4, -0.2) is 73.6 Å². The number of carbonyl (C=O) groups is 8. The van der Waals surface area contributed by atoms with Crippen molar-refractivity contribution < 1.29 is 48.0 Å². The summed E-state index contributed by atoms with van der Waals surface area (Å²) < 4.78 is 5.14. The van der Waals surface area contributed by atoms with E-state index in [-0.39, 0.29) is 66.1 Å². The lowest BCUT2D eigenvalue weighted by atomic mass is 10.0. The van der Waals surface area contributed by atoms with Gasteiger partial charge in [-0.15, -0.1) is 0 Å². The van der Waals surface area contributed by atoms with E-state index in [0.29, 0.717) is 41.0 Å². The van der Waals surface area contributed by atoms with Crippen molar-refractivity contribution in [2.75, 3.05) is 11.1 Å². The average Bonchev–Trinajstić information content (AvgIpc) is 3.62. The summed E-state index contributed by atoms with van der Waals surface area (Å²) >= 11 is 4.64. The maximum atomic E-state index is 12.8. The van der Waals surface area contributed by atoms with E-state index in [0.717, 1.165) is 5.56 Å². The van der Waals surface area contributed by atoms with Gasteiger partial charge in [0, 0.05) is 78.6 Å². The molecule has 0 saturated carbocycles. The highest BCUT2D eigenvalue weighted by atomic mass is 35.5. The number of nitro groups is 1. The Kier molecular flexibility index (Phi) is 11.7. The average molecular weight is 762 g/mol. The van der Waals surface area contributed by atoms with Gasteiger partial charge >= 0.3 is 6.09 Å². The number of hydrogen-bond acceptors (Lipinski definition) is 12. The van der Waals surface area contributed by atoms with Crippen molar-refractivity contribution >= 4 is 75.4 Å². The molecule has 3 aromatic carbocycles. The number of non-ortho nitro benzene ring substituents is 1. The maximum absolute atomic E-state index is 12.8. The lowest BCUT2D eigenvalue weighted by molar-refractivity contribution is -0.384. The molecule has 2 saturated heterocycles. The van der Waals surface area contributed by atoms with Gasteiger partial charge in [-0.05, 0) is 60.8 Å². The van der Waals surface area contributed by atoms with Crippen molar-refractivity contribution in [3.63, 3.8) is 0 Å². The molecule has 2 atom stereocenters. The van der Waals surface area contributed by atoms with Crippen molar-refractivity contribution in [2.24, 2.45) is 0 Å². The molecule has 54 heavy (non-hydrogen) atoms. The van der Waals surface area contributed by atoms with Crippen LogP contribution in [0.2, 0.25) is 0 Å². The minimum atomic E-state index is -0.839. The van der Waals surface area contributed by atoms with Crippen LogP contribution >= 0.6 is 11.6 Å². The normalized spacial score (nSPS) is 18.6. The Morgan fingerprint density at radius 1 is 0.815 bits per heavy atom. The largest absolute Gasteiger partial charge is 0.417 e. The number of nitrogens with zero attached hydrogens (tertiary/aromatic N) is 3. The van der Waals surface area contributed by atoms with Crippen LogP contribution in [0.5, 0.6) is 5.75 Å². The van der Waals surface area contributed by atoms with Gasteiger partial charge in [-0.3, -0.25) is 59.6 Å². The molecule has 19 heteroatoms. The van der Waals surface area contributed by atoms with Crippen molar-refractivity contribution in [2.45, 2.75) is 57.8 Å². The van der Waals surface area contributed by atoms with Gasteiger partial charge in [-0.2, -0.15) is 0 Å². The smallest absolute Gasteiger partial charge is 0.410 e. The lowest BCUT2D eigenvalue weighted by Gasteiger charge is -2.29. The SMILES string of the molecule is CC(=O)Cl.Nc1cccc2c1CN(C1CCC(=O)NC1=O)C2=O.O=C1CCC(N2Cc3c(NC(=O)Oc4ccc([N+](=O)[O-])cc4)cccc3C2=O)C(=O)N1. The summed E-state index contributed by atoms with van der Waals surface area (Å²) in [6.45, 7) is 1.71. The number of nitrogens with two attached hydrogens (primary N) is 1. The predicted octanol–water partition coefficient (Wildman–Crippen LogP) is 2.77. The molecule has 0 radical (unpaired) electrons. The fourth-order valence-electron chi connectivity index (χ4n) is 6.19. The number of carbonyl (C=O) groups excluding carboxylic acids is 8. The number of ether oxygens (including phenoxy) is 1. The number of fused-ring (bicyclic) bond motifs is 2. The Morgan fingerprint density at radius 3 is 1.78 bits per heavy atom. The number of imide groups is 2. The minimum Gasteiger partial charge on any atom is -0.410 e. The van der Waals surface area contributed by atoms with E-state index in [2.05, 4.69) is 27.6 Å². The summed E-state index contributed by atoms with van der Waals surface area (Å²) in [6.07, 6.45) is 0.156. The summed E-state index contributed by atoms with van der Waals surface area (Å²) in [4.78, 5) is 106. The van der Waals surface area contributed by atoms with Crippen molar-refractivity contribution in [3.05, 3.63) is 93.0 Å². The van der Waals surface area contributed by atoms with Crippen molar-refractivity contribution in [1.29, 1.82) is 0 Å². The lowest BCUT2D eigenvalue weighted by Crippen LogP contribution is -2.52. The quantitative estimate of drug-likeness (QED) is 0.0962. The summed E-state index contributed by atoms with van der Waals surface area (Å²) in [7, 11) is 0.